The maximum absolute atomic E-state index is 5.63. The van der Waals surface area contributed by atoms with Crippen molar-refractivity contribution in [2.24, 2.45) is 5.73 Å². The van der Waals surface area contributed by atoms with Crippen molar-refractivity contribution in [2.45, 2.75) is 65.3 Å². The summed E-state index contributed by atoms with van der Waals surface area (Å²) in [5, 5.41) is 5.20. The van der Waals surface area contributed by atoms with Gasteiger partial charge in [0, 0.05) is 50.7 Å². The van der Waals surface area contributed by atoms with Crippen LogP contribution in [0.1, 0.15) is 59.3 Å². The maximum Gasteiger partial charge on any atom is 0.181 e. The van der Waals surface area contributed by atoms with Crippen molar-refractivity contribution in [3.63, 3.8) is 0 Å². The Kier molecular flexibility index (Phi) is 9.56. The molecule has 4 rings (SSSR count). The number of fused-ring (bicyclic) bond motifs is 1. The van der Waals surface area contributed by atoms with Crippen LogP contribution in [-0.2, 0) is 0 Å². The molecule has 6 nitrogen and oxygen atoms in total. The summed E-state index contributed by atoms with van der Waals surface area (Å²) < 4.78 is 5.33. The highest BCUT2D eigenvalue weighted by atomic mass is 16.5. The topological polar surface area (TPSA) is 71.4 Å². The summed E-state index contributed by atoms with van der Waals surface area (Å²) in [6.07, 6.45) is 11.4. The second kappa shape index (κ2) is 11.9. The van der Waals surface area contributed by atoms with Gasteiger partial charge in [-0.1, -0.05) is 45.2 Å². The molecule has 1 saturated heterocycles. The summed E-state index contributed by atoms with van der Waals surface area (Å²) in [6.45, 7) is 11.6. The lowest BCUT2D eigenvalue weighted by Gasteiger charge is -2.34. The van der Waals surface area contributed by atoms with Gasteiger partial charge in [-0.15, -0.1) is 0 Å². The first kappa shape index (κ1) is 21.6. The number of aromatic nitrogens is 2. The normalized spacial score (nSPS) is 18.4. The third-order valence-corrected chi connectivity index (χ3v) is 5.11. The molecule has 152 valence electrons. The Morgan fingerprint density at radius 1 is 1.11 bits per heavy atom. The van der Waals surface area contributed by atoms with Gasteiger partial charge in [-0.05, 0) is 25.8 Å². The molecule has 0 unspecified atom stereocenters. The van der Waals surface area contributed by atoms with Gasteiger partial charge in [0.1, 0.15) is 0 Å². The summed E-state index contributed by atoms with van der Waals surface area (Å²) in [6, 6.07) is 2.40. The van der Waals surface area contributed by atoms with Crippen molar-refractivity contribution >= 4 is 16.8 Å². The van der Waals surface area contributed by atoms with Crippen LogP contribution < -0.4 is 10.6 Å². The van der Waals surface area contributed by atoms with Gasteiger partial charge in [0.15, 0.2) is 11.4 Å². The number of nitrogens with zero attached hydrogens (tertiary/aromatic N) is 4. The lowest BCUT2D eigenvalue weighted by molar-refractivity contribution is 0.257. The highest BCUT2D eigenvalue weighted by Crippen LogP contribution is 2.25. The van der Waals surface area contributed by atoms with Crippen LogP contribution in [0.5, 0.6) is 0 Å². The number of pyridine rings is 1. The van der Waals surface area contributed by atoms with E-state index < -0.39 is 0 Å². The fourth-order valence-corrected chi connectivity index (χ4v) is 3.63. The molecule has 2 aromatic heterocycles. The minimum Gasteiger partial charge on any atom is -0.354 e. The molecular weight excluding hydrogens is 338 g/mol. The molecule has 1 saturated carbocycles. The molecule has 1 aliphatic carbocycles. The largest absolute Gasteiger partial charge is 0.354 e. The minimum atomic E-state index is 0.536. The summed E-state index contributed by atoms with van der Waals surface area (Å²) in [7, 11) is 0. The van der Waals surface area contributed by atoms with E-state index in [1.165, 1.54) is 45.1 Å². The number of nitrogens with two attached hydrogens (primary N) is 1. The Labute approximate surface area is 164 Å². The zero-order valence-electron chi connectivity index (χ0n) is 17.4. The summed E-state index contributed by atoms with van der Waals surface area (Å²) in [4.78, 5) is 8.94. The van der Waals surface area contributed by atoms with E-state index >= 15 is 0 Å². The second-order valence-corrected chi connectivity index (χ2v) is 7.10. The fraction of sp³-hybridized carbons (Fsp3) is 0.714. The molecule has 1 aliphatic heterocycles. The smallest absolute Gasteiger partial charge is 0.181 e. The molecule has 0 bridgehead atoms. The Balaban J connectivity index is 0.000000244. The first-order chi connectivity index (χ1) is 13.3. The minimum absolute atomic E-state index is 0.536. The quantitative estimate of drug-likeness (QED) is 0.872. The summed E-state index contributed by atoms with van der Waals surface area (Å²) >= 11 is 0. The van der Waals surface area contributed by atoms with Gasteiger partial charge in [0.25, 0.3) is 0 Å². The van der Waals surface area contributed by atoms with Gasteiger partial charge in [0.05, 0.1) is 5.39 Å². The standard InChI is InChI=1S/C13H18N4O.C6H13N.C2H6/c1-2-5-16-6-8-17(9-7-16)13-11-10-14-4-3-12(11)18-15-13;7-6-4-2-1-3-5-6;1-2/h3-4,10H,2,5-9H2,1H3;6H,1-5,7H2;1-2H3. The van der Waals surface area contributed by atoms with E-state index in [9.17, 15) is 0 Å². The molecule has 2 aromatic rings. The number of piperazine rings is 1. The molecular formula is C21H37N5O. The van der Waals surface area contributed by atoms with E-state index in [-0.39, 0.29) is 0 Å². The second-order valence-electron chi connectivity index (χ2n) is 7.10. The van der Waals surface area contributed by atoms with Crippen molar-refractivity contribution in [3.8, 4) is 0 Å². The molecule has 0 radical (unpaired) electrons. The van der Waals surface area contributed by atoms with Crippen LogP contribution in [0, 0.1) is 0 Å². The van der Waals surface area contributed by atoms with Crippen LogP contribution >= 0.6 is 0 Å². The first-order valence-corrected chi connectivity index (χ1v) is 10.7. The number of rotatable bonds is 3. The van der Waals surface area contributed by atoms with Crippen LogP contribution in [0.15, 0.2) is 23.0 Å². The predicted molar refractivity (Wildman–Crippen MR) is 113 cm³/mol. The van der Waals surface area contributed by atoms with Crippen LogP contribution in [0.4, 0.5) is 5.82 Å². The molecule has 3 heterocycles. The van der Waals surface area contributed by atoms with Gasteiger partial charge >= 0.3 is 0 Å². The molecule has 2 N–H and O–H groups in total. The Hall–Kier alpha value is -1.66. The van der Waals surface area contributed by atoms with Gasteiger partial charge in [-0.3, -0.25) is 9.88 Å². The van der Waals surface area contributed by atoms with Crippen LogP contribution in [-0.4, -0.2) is 53.8 Å². The lowest BCUT2D eigenvalue weighted by atomic mass is 9.97. The molecule has 2 aliphatic rings. The zero-order valence-corrected chi connectivity index (χ0v) is 17.4. The van der Waals surface area contributed by atoms with E-state index in [0.29, 0.717) is 6.04 Å². The highest BCUT2D eigenvalue weighted by molar-refractivity contribution is 5.87. The van der Waals surface area contributed by atoms with Gasteiger partial charge in [0.2, 0.25) is 0 Å². The first-order valence-electron chi connectivity index (χ1n) is 10.7. The molecule has 0 spiro atoms. The lowest BCUT2D eigenvalue weighted by Crippen LogP contribution is -2.46. The molecule has 27 heavy (non-hydrogen) atoms. The van der Waals surface area contributed by atoms with E-state index in [1.54, 1.807) is 6.20 Å². The molecule has 0 amide bonds. The van der Waals surface area contributed by atoms with Crippen molar-refractivity contribution in [2.75, 3.05) is 37.6 Å². The molecule has 2 fully saturated rings. The van der Waals surface area contributed by atoms with Crippen molar-refractivity contribution < 1.29 is 4.52 Å². The van der Waals surface area contributed by atoms with Gasteiger partial charge in [-0.25, -0.2) is 0 Å². The van der Waals surface area contributed by atoms with Gasteiger partial charge in [-0.2, -0.15) is 0 Å². The maximum atomic E-state index is 5.63. The van der Waals surface area contributed by atoms with E-state index in [0.717, 1.165) is 43.0 Å². The number of hydrogen-bond acceptors (Lipinski definition) is 6. The van der Waals surface area contributed by atoms with Crippen molar-refractivity contribution in [3.05, 3.63) is 18.5 Å². The molecule has 0 aromatic carbocycles. The SMILES string of the molecule is CC.CCCN1CCN(c2noc3ccncc23)CC1.NC1CCCCC1. The van der Waals surface area contributed by atoms with Gasteiger partial charge < -0.3 is 15.2 Å². The summed E-state index contributed by atoms with van der Waals surface area (Å²) in [5.41, 5.74) is 6.45. The van der Waals surface area contributed by atoms with Crippen LogP contribution in [0.25, 0.3) is 11.0 Å². The third-order valence-electron chi connectivity index (χ3n) is 5.11. The third kappa shape index (κ3) is 6.47. The highest BCUT2D eigenvalue weighted by Gasteiger charge is 2.21. The Morgan fingerprint density at radius 3 is 2.41 bits per heavy atom. The molecule has 0 atom stereocenters. The van der Waals surface area contributed by atoms with Crippen LogP contribution in [0.2, 0.25) is 0 Å². The van der Waals surface area contributed by atoms with E-state index in [1.807, 2.05) is 26.1 Å². The monoisotopic (exact) mass is 375 g/mol. The Bertz CT molecular complexity index is 630. The number of hydrogen-bond donors (Lipinski definition) is 1. The molecule has 6 heteroatoms. The van der Waals surface area contributed by atoms with E-state index in [2.05, 4.69) is 26.9 Å². The van der Waals surface area contributed by atoms with Crippen molar-refractivity contribution in [1.29, 1.82) is 0 Å². The average Bonchev–Trinajstić information content (AvgIpc) is 3.16. The predicted octanol–water partition coefficient (Wildman–Crippen LogP) is 4.06. The van der Waals surface area contributed by atoms with Crippen LogP contribution in [0.3, 0.4) is 0 Å². The zero-order chi connectivity index (χ0) is 19.5. The Morgan fingerprint density at radius 2 is 1.81 bits per heavy atom. The average molecular weight is 376 g/mol. The summed E-state index contributed by atoms with van der Waals surface area (Å²) in [5.74, 6) is 0.939. The van der Waals surface area contributed by atoms with E-state index in [4.69, 9.17) is 10.3 Å². The fourth-order valence-electron chi connectivity index (χ4n) is 3.63. The number of anilines is 1. The van der Waals surface area contributed by atoms with Crippen molar-refractivity contribution in [1.82, 2.24) is 15.0 Å².